The summed E-state index contributed by atoms with van der Waals surface area (Å²) in [4.78, 5) is 4.22. The molecule has 0 spiro atoms. The van der Waals surface area contributed by atoms with Crippen LogP contribution in [0.25, 0.3) is 0 Å². The third kappa shape index (κ3) is 1.80. The fourth-order valence-corrected chi connectivity index (χ4v) is 1.64. The largest absolute Gasteiger partial charge is 0.381 e. The standard InChI is InChI=1S/C10H15N3/c1-7-10(3-2-4-12-7)13-9-5-8(11)6-9/h2-4,8-9,13H,5-6,11H2,1H3. The van der Waals surface area contributed by atoms with Gasteiger partial charge in [-0.3, -0.25) is 4.98 Å². The molecule has 1 aromatic rings. The van der Waals surface area contributed by atoms with E-state index in [9.17, 15) is 0 Å². The molecule has 0 unspecified atom stereocenters. The van der Waals surface area contributed by atoms with Gasteiger partial charge in [-0.1, -0.05) is 0 Å². The molecule has 0 saturated heterocycles. The van der Waals surface area contributed by atoms with Crippen molar-refractivity contribution in [3.05, 3.63) is 24.0 Å². The summed E-state index contributed by atoms with van der Waals surface area (Å²) in [5, 5.41) is 3.43. The molecule has 2 rings (SSSR count). The van der Waals surface area contributed by atoms with Gasteiger partial charge in [0.2, 0.25) is 0 Å². The molecule has 70 valence electrons. The van der Waals surface area contributed by atoms with Crippen molar-refractivity contribution in [1.29, 1.82) is 0 Å². The Balaban J connectivity index is 1.98. The second kappa shape index (κ2) is 3.34. The molecule has 1 saturated carbocycles. The van der Waals surface area contributed by atoms with Crippen LogP contribution in [-0.4, -0.2) is 17.1 Å². The minimum absolute atomic E-state index is 0.398. The van der Waals surface area contributed by atoms with Gasteiger partial charge in [0.05, 0.1) is 11.4 Å². The topological polar surface area (TPSA) is 50.9 Å². The van der Waals surface area contributed by atoms with Gasteiger partial charge in [-0.2, -0.15) is 0 Å². The van der Waals surface area contributed by atoms with Crippen molar-refractivity contribution in [2.45, 2.75) is 31.8 Å². The number of rotatable bonds is 2. The second-order valence-corrected chi connectivity index (χ2v) is 3.71. The highest BCUT2D eigenvalue weighted by Gasteiger charge is 2.25. The van der Waals surface area contributed by atoms with Crippen molar-refractivity contribution in [2.75, 3.05) is 5.32 Å². The summed E-state index contributed by atoms with van der Waals surface area (Å²) >= 11 is 0. The SMILES string of the molecule is Cc1ncccc1NC1CC(N)C1. The Morgan fingerprint density at radius 3 is 2.92 bits per heavy atom. The minimum Gasteiger partial charge on any atom is -0.381 e. The van der Waals surface area contributed by atoms with Crippen molar-refractivity contribution in [2.24, 2.45) is 5.73 Å². The van der Waals surface area contributed by atoms with Gasteiger partial charge in [-0.15, -0.1) is 0 Å². The normalized spacial score (nSPS) is 26.6. The van der Waals surface area contributed by atoms with Crippen LogP contribution in [0.2, 0.25) is 0 Å². The van der Waals surface area contributed by atoms with Crippen LogP contribution in [0, 0.1) is 6.92 Å². The molecule has 3 N–H and O–H groups in total. The zero-order valence-corrected chi connectivity index (χ0v) is 7.83. The maximum atomic E-state index is 5.70. The molecule has 1 fully saturated rings. The molecular formula is C10H15N3. The molecular weight excluding hydrogens is 162 g/mol. The number of hydrogen-bond acceptors (Lipinski definition) is 3. The van der Waals surface area contributed by atoms with Crippen LogP contribution < -0.4 is 11.1 Å². The van der Waals surface area contributed by atoms with E-state index in [-0.39, 0.29) is 0 Å². The van der Waals surface area contributed by atoms with Crippen LogP contribution in [0.15, 0.2) is 18.3 Å². The van der Waals surface area contributed by atoms with Gasteiger partial charge in [-0.05, 0) is 31.9 Å². The lowest BCUT2D eigenvalue weighted by atomic mass is 9.87. The number of hydrogen-bond donors (Lipinski definition) is 2. The highest BCUT2D eigenvalue weighted by molar-refractivity contribution is 5.47. The number of nitrogens with one attached hydrogen (secondary N) is 1. The molecule has 3 heteroatoms. The smallest absolute Gasteiger partial charge is 0.0603 e. The van der Waals surface area contributed by atoms with Crippen molar-refractivity contribution < 1.29 is 0 Å². The Kier molecular flexibility index (Phi) is 2.19. The Morgan fingerprint density at radius 2 is 2.31 bits per heavy atom. The number of nitrogens with two attached hydrogens (primary N) is 1. The van der Waals surface area contributed by atoms with Crippen molar-refractivity contribution >= 4 is 5.69 Å². The Morgan fingerprint density at radius 1 is 1.54 bits per heavy atom. The number of nitrogens with zero attached hydrogens (tertiary/aromatic N) is 1. The molecule has 1 aliphatic carbocycles. The fourth-order valence-electron chi connectivity index (χ4n) is 1.64. The second-order valence-electron chi connectivity index (χ2n) is 3.71. The molecule has 1 aliphatic rings. The lowest BCUT2D eigenvalue weighted by Gasteiger charge is -2.34. The average Bonchev–Trinajstić information content (AvgIpc) is 2.06. The predicted molar refractivity (Wildman–Crippen MR) is 53.6 cm³/mol. The van der Waals surface area contributed by atoms with E-state index in [0.717, 1.165) is 24.2 Å². The van der Waals surface area contributed by atoms with Gasteiger partial charge in [0.1, 0.15) is 0 Å². The molecule has 0 bridgehead atoms. The Hall–Kier alpha value is -1.09. The van der Waals surface area contributed by atoms with Crippen molar-refractivity contribution in [1.82, 2.24) is 4.98 Å². The highest BCUT2D eigenvalue weighted by Crippen LogP contribution is 2.23. The molecule has 0 amide bonds. The molecule has 0 aromatic carbocycles. The minimum atomic E-state index is 0.398. The lowest BCUT2D eigenvalue weighted by molar-refractivity contribution is 0.373. The van der Waals surface area contributed by atoms with E-state index in [1.54, 1.807) is 0 Å². The summed E-state index contributed by atoms with van der Waals surface area (Å²) < 4.78 is 0. The van der Waals surface area contributed by atoms with Gasteiger partial charge in [0, 0.05) is 18.3 Å². The van der Waals surface area contributed by atoms with E-state index in [0.29, 0.717) is 12.1 Å². The molecule has 3 nitrogen and oxygen atoms in total. The van der Waals surface area contributed by atoms with Gasteiger partial charge in [-0.25, -0.2) is 0 Å². The van der Waals surface area contributed by atoms with E-state index in [1.165, 1.54) is 0 Å². The molecule has 0 aliphatic heterocycles. The van der Waals surface area contributed by atoms with Gasteiger partial charge >= 0.3 is 0 Å². The third-order valence-electron chi connectivity index (χ3n) is 2.54. The van der Waals surface area contributed by atoms with Crippen LogP contribution in [0.4, 0.5) is 5.69 Å². The molecule has 1 heterocycles. The Labute approximate surface area is 78.4 Å². The molecule has 0 atom stereocenters. The first-order chi connectivity index (χ1) is 6.25. The summed E-state index contributed by atoms with van der Waals surface area (Å²) in [6, 6.07) is 4.97. The average molecular weight is 177 g/mol. The van der Waals surface area contributed by atoms with Gasteiger partial charge in [0.25, 0.3) is 0 Å². The summed E-state index contributed by atoms with van der Waals surface area (Å²) in [6.07, 6.45) is 3.97. The summed E-state index contributed by atoms with van der Waals surface area (Å²) in [5.74, 6) is 0. The number of aryl methyl sites for hydroxylation is 1. The van der Waals surface area contributed by atoms with E-state index in [4.69, 9.17) is 5.73 Å². The maximum Gasteiger partial charge on any atom is 0.0603 e. The summed E-state index contributed by atoms with van der Waals surface area (Å²) in [7, 11) is 0. The zero-order valence-electron chi connectivity index (χ0n) is 7.83. The molecule has 0 radical (unpaired) electrons. The van der Waals surface area contributed by atoms with Crippen LogP contribution in [0.3, 0.4) is 0 Å². The van der Waals surface area contributed by atoms with Crippen molar-refractivity contribution in [3.63, 3.8) is 0 Å². The lowest BCUT2D eigenvalue weighted by Crippen LogP contribution is -2.44. The summed E-state index contributed by atoms with van der Waals surface area (Å²) in [6.45, 7) is 2.01. The first-order valence-electron chi connectivity index (χ1n) is 4.69. The third-order valence-corrected chi connectivity index (χ3v) is 2.54. The van der Waals surface area contributed by atoms with E-state index < -0.39 is 0 Å². The number of pyridine rings is 1. The number of aromatic nitrogens is 1. The van der Waals surface area contributed by atoms with E-state index in [1.807, 2.05) is 19.2 Å². The monoisotopic (exact) mass is 177 g/mol. The quantitative estimate of drug-likeness (QED) is 0.715. The molecule has 1 aromatic heterocycles. The van der Waals surface area contributed by atoms with Crippen LogP contribution in [0.1, 0.15) is 18.5 Å². The first kappa shape index (κ1) is 8.51. The fraction of sp³-hybridized carbons (Fsp3) is 0.500. The van der Waals surface area contributed by atoms with Crippen LogP contribution in [-0.2, 0) is 0 Å². The zero-order chi connectivity index (χ0) is 9.26. The maximum absolute atomic E-state index is 5.70. The van der Waals surface area contributed by atoms with Gasteiger partial charge < -0.3 is 11.1 Å². The first-order valence-corrected chi connectivity index (χ1v) is 4.69. The summed E-state index contributed by atoms with van der Waals surface area (Å²) in [5.41, 5.74) is 7.90. The Bertz CT molecular complexity index is 292. The van der Waals surface area contributed by atoms with E-state index in [2.05, 4.69) is 16.4 Å². The van der Waals surface area contributed by atoms with Crippen molar-refractivity contribution in [3.8, 4) is 0 Å². The van der Waals surface area contributed by atoms with Crippen LogP contribution in [0.5, 0.6) is 0 Å². The molecule has 13 heavy (non-hydrogen) atoms. The van der Waals surface area contributed by atoms with Gasteiger partial charge in [0.15, 0.2) is 0 Å². The van der Waals surface area contributed by atoms with Crippen LogP contribution >= 0.6 is 0 Å². The van der Waals surface area contributed by atoms with E-state index >= 15 is 0 Å². The predicted octanol–water partition coefficient (Wildman–Crippen LogP) is 1.29. The number of anilines is 1. The highest BCUT2D eigenvalue weighted by atomic mass is 15.0.